The Morgan fingerprint density at radius 3 is 2.71 bits per heavy atom. The molecule has 0 radical (unpaired) electrons. The normalized spacial score (nSPS) is 18.7. The van der Waals surface area contributed by atoms with E-state index in [4.69, 9.17) is 21.1 Å². The summed E-state index contributed by atoms with van der Waals surface area (Å²) in [4.78, 5) is 13.6. The highest BCUT2D eigenvalue weighted by Gasteiger charge is 2.30. The van der Waals surface area contributed by atoms with Gasteiger partial charge in [0.2, 0.25) is 0 Å². The lowest BCUT2D eigenvalue weighted by Crippen LogP contribution is -2.36. The average molecular weight is 314 g/mol. The van der Waals surface area contributed by atoms with Crippen molar-refractivity contribution in [1.82, 2.24) is 4.90 Å². The molecule has 1 aromatic carbocycles. The molecule has 1 saturated heterocycles. The standard InChI is InChI=1S/C15H20ClNO4/c1-15(2,3)21-14(19)17-5-4-12(9-17)20-13-7-10(16)6-11(18)8-13/h6-8,12,18H,4-5,9H2,1-3H3/t12-/m0/s1. The van der Waals surface area contributed by atoms with Crippen LogP contribution in [-0.4, -0.2) is 40.9 Å². The van der Waals surface area contributed by atoms with E-state index >= 15 is 0 Å². The molecule has 0 bridgehead atoms. The molecule has 1 atom stereocenters. The Kier molecular flexibility index (Phi) is 4.52. The Hall–Kier alpha value is -1.62. The second-order valence-electron chi connectivity index (χ2n) is 6.10. The molecule has 0 saturated carbocycles. The average Bonchev–Trinajstić information content (AvgIpc) is 2.73. The van der Waals surface area contributed by atoms with Crippen LogP contribution in [0.3, 0.4) is 0 Å². The summed E-state index contributed by atoms with van der Waals surface area (Å²) >= 11 is 5.86. The van der Waals surface area contributed by atoms with E-state index in [1.54, 1.807) is 11.0 Å². The number of amides is 1. The zero-order chi connectivity index (χ0) is 15.6. The number of aromatic hydroxyl groups is 1. The zero-order valence-electron chi connectivity index (χ0n) is 12.4. The van der Waals surface area contributed by atoms with Crippen molar-refractivity contribution < 1.29 is 19.4 Å². The van der Waals surface area contributed by atoms with Crippen LogP contribution in [0.1, 0.15) is 27.2 Å². The highest BCUT2D eigenvalue weighted by atomic mass is 35.5. The molecular weight excluding hydrogens is 294 g/mol. The number of nitrogens with zero attached hydrogens (tertiary/aromatic N) is 1. The smallest absolute Gasteiger partial charge is 0.410 e. The van der Waals surface area contributed by atoms with E-state index in [0.29, 0.717) is 30.3 Å². The predicted molar refractivity (Wildman–Crippen MR) is 80.0 cm³/mol. The maximum absolute atomic E-state index is 12.0. The second-order valence-corrected chi connectivity index (χ2v) is 6.54. The minimum atomic E-state index is -0.505. The number of hydrogen-bond donors (Lipinski definition) is 1. The van der Waals surface area contributed by atoms with Crippen molar-refractivity contribution in [2.24, 2.45) is 0 Å². The SMILES string of the molecule is CC(C)(C)OC(=O)N1CC[C@H](Oc2cc(O)cc(Cl)c2)C1. The van der Waals surface area contributed by atoms with E-state index in [9.17, 15) is 9.90 Å². The van der Waals surface area contributed by atoms with E-state index < -0.39 is 5.60 Å². The number of likely N-dealkylation sites (tertiary alicyclic amines) is 1. The van der Waals surface area contributed by atoms with Crippen LogP contribution in [0.2, 0.25) is 5.02 Å². The molecule has 2 rings (SSSR count). The van der Waals surface area contributed by atoms with Crippen molar-refractivity contribution in [1.29, 1.82) is 0 Å². The van der Waals surface area contributed by atoms with Crippen LogP contribution in [0, 0.1) is 0 Å². The molecular formula is C15H20ClNO4. The summed E-state index contributed by atoms with van der Waals surface area (Å²) in [6.45, 7) is 6.56. The van der Waals surface area contributed by atoms with Crippen molar-refractivity contribution in [2.45, 2.75) is 38.9 Å². The number of phenols is 1. The monoisotopic (exact) mass is 313 g/mol. The summed E-state index contributed by atoms with van der Waals surface area (Å²) in [7, 11) is 0. The summed E-state index contributed by atoms with van der Waals surface area (Å²) in [5.41, 5.74) is -0.505. The summed E-state index contributed by atoms with van der Waals surface area (Å²) in [6.07, 6.45) is 0.255. The molecule has 0 spiro atoms. The molecule has 1 heterocycles. The number of phenolic OH excluding ortho intramolecular Hbond substituents is 1. The van der Waals surface area contributed by atoms with Crippen LogP contribution in [-0.2, 0) is 4.74 Å². The first-order valence-corrected chi connectivity index (χ1v) is 7.25. The number of rotatable bonds is 2. The first kappa shape index (κ1) is 15.8. The van der Waals surface area contributed by atoms with Gasteiger partial charge in [-0.3, -0.25) is 0 Å². The maximum atomic E-state index is 12.0. The van der Waals surface area contributed by atoms with Gasteiger partial charge in [-0.25, -0.2) is 4.79 Å². The molecule has 0 aromatic heterocycles. The van der Waals surface area contributed by atoms with Crippen molar-refractivity contribution in [3.05, 3.63) is 23.2 Å². The Labute approximate surface area is 129 Å². The molecule has 0 unspecified atom stereocenters. The van der Waals surface area contributed by atoms with Gasteiger partial charge >= 0.3 is 6.09 Å². The first-order valence-electron chi connectivity index (χ1n) is 6.87. The lowest BCUT2D eigenvalue weighted by atomic mass is 10.2. The van der Waals surface area contributed by atoms with Crippen LogP contribution >= 0.6 is 11.6 Å². The van der Waals surface area contributed by atoms with Gasteiger partial charge in [0, 0.05) is 24.1 Å². The van der Waals surface area contributed by atoms with Crippen LogP contribution in [0.4, 0.5) is 4.79 Å². The Morgan fingerprint density at radius 1 is 1.38 bits per heavy atom. The molecule has 1 aliphatic heterocycles. The molecule has 116 valence electrons. The summed E-state index contributed by atoms with van der Waals surface area (Å²) in [5.74, 6) is 0.551. The number of carbonyl (C=O) groups is 1. The van der Waals surface area contributed by atoms with Gasteiger partial charge in [0.25, 0.3) is 0 Å². The summed E-state index contributed by atoms with van der Waals surface area (Å²) in [6, 6.07) is 4.58. The largest absolute Gasteiger partial charge is 0.508 e. The van der Waals surface area contributed by atoms with E-state index in [1.807, 2.05) is 20.8 Å². The topological polar surface area (TPSA) is 59.0 Å². The molecule has 1 aromatic rings. The van der Waals surface area contributed by atoms with Gasteiger partial charge in [0.05, 0.1) is 6.54 Å². The summed E-state index contributed by atoms with van der Waals surface area (Å²) < 4.78 is 11.1. The third-order valence-electron chi connectivity index (χ3n) is 2.96. The van der Waals surface area contributed by atoms with Gasteiger partial charge < -0.3 is 19.5 Å². The quantitative estimate of drug-likeness (QED) is 0.908. The van der Waals surface area contributed by atoms with Gasteiger partial charge in [-0.15, -0.1) is 0 Å². The maximum Gasteiger partial charge on any atom is 0.410 e. The fourth-order valence-corrected chi connectivity index (χ4v) is 2.34. The molecule has 5 nitrogen and oxygen atoms in total. The minimum absolute atomic E-state index is 0.0551. The molecule has 1 fully saturated rings. The van der Waals surface area contributed by atoms with E-state index in [0.717, 1.165) is 0 Å². The van der Waals surface area contributed by atoms with E-state index in [-0.39, 0.29) is 17.9 Å². The van der Waals surface area contributed by atoms with E-state index in [2.05, 4.69) is 0 Å². The van der Waals surface area contributed by atoms with Crippen molar-refractivity contribution in [3.63, 3.8) is 0 Å². The first-order chi connectivity index (χ1) is 9.73. The minimum Gasteiger partial charge on any atom is -0.508 e. The number of hydrogen-bond acceptors (Lipinski definition) is 4. The zero-order valence-corrected chi connectivity index (χ0v) is 13.2. The number of benzene rings is 1. The van der Waals surface area contributed by atoms with Crippen LogP contribution in [0.15, 0.2) is 18.2 Å². The third-order valence-corrected chi connectivity index (χ3v) is 3.17. The molecule has 6 heteroatoms. The van der Waals surface area contributed by atoms with Gasteiger partial charge in [0.1, 0.15) is 23.2 Å². The molecule has 1 amide bonds. The lowest BCUT2D eigenvalue weighted by molar-refractivity contribution is 0.0275. The summed E-state index contributed by atoms with van der Waals surface area (Å²) in [5, 5.41) is 9.90. The van der Waals surface area contributed by atoms with Crippen LogP contribution in [0.25, 0.3) is 0 Å². The Bertz CT molecular complexity index is 507. The molecule has 0 aliphatic carbocycles. The molecule has 21 heavy (non-hydrogen) atoms. The van der Waals surface area contributed by atoms with Gasteiger partial charge in [-0.2, -0.15) is 0 Å². The van der Waals surface area contributed by atoms with Crippen molar-refractivity contribution in [3.8, 4) is 11.5 Å². The predicted octanol–water partition coefficient (Wildman–Crippen LogP) is 3.43. The fraction of sp³-hybridized carbons (Fsp3) is 0.533. The lowest BCUT2D eigenvalue weighted by Gasteiger charge is -2.24. The van der Waals surface area contributed by atoms with Crippen LogP contribution in [0.5, 0.6) is 11.5 Å². The van der Waals surface area contributed by atoms with Crippen molar-refractivity contribution >= 4 is 17.7 Å². The van der Waals surface area contributed by atoms with E-state index in [1.165, 1.54) is 12.1 Å². The van der Waals surface area contributed by atoms with Gasteiger partial charge in [-0.1, -0.05) is 11.6 Å². The van der Waals surface area contributed by atoms with Crippen LogP contribution < -0.4 is 4.74 Å². The number of carbonyl (C=O) groups excluding carboxylic acids is 1. The third kappa shape index (κ3) is 4.70. The van der Waals surface area contributed by atoms with Crippen molar-refractivity contribution in [2.75, 3.05) is 13.1 Å². The second kappa shape index (κ2) is 6.02. The van der Waals surface area contributed by atoms with Gasteiger partial charge in [-0.05, 0) is 32.9 Å². The Morgan fingerprint density at radius 2 is 2.10 bits per heavy atom. The molecule has 1 N–H and O–H groups in total. The molecule has 1 aliphatic rings. The van der Waals surface area contributed by atoms with Gasteiger partial charge in [0.15, 0.2) is 0 Å². The Balaban J connectivity index is 1.92. The number of ether oxygens (including phenoxy) is 2. The highest BCUT2D eigenvalue weighted by Crippen LogP contribution is 2.27. The fourth-order valence-electron chi connectivity index (χ4n) is 2.13. The number of halogens is 1. The highest BCUT2D eigenvalue weighted by molar-refractivity contribution is 6.30.